The van der Waals surface area contributed by atoms with Gasteiger partial charge in [-0.25, -0.2) is 0 Å². The monoisotopic (exact) mass is 242 g/mol. The quantitative estimate of drug-likeness (QED) is 0.720. The number of hydrogen-bond acceptors (Lipinski definition) is 3. The SMILES string of the molecule is COCCC(C)Oc1ccc(C=O)cc1Cl. The number of methoxy groups -OCH3 is 1. The molecule has 0 bridgehead atoms. The smallest absolute Gasteiger partial charge is 0.150 e. The molecule has 88 valence electrons. The molecule has 0 saturated heterocycles. The molecule has 0 radical (unpaired) electrons. The van der Waals surface area contributed by atoms with E-state index in [1.807, 2.05) is 6.92 Å². The van der Waals surface area contributed by atoms with Crippen LogP contribution in [0.2, 0.25) is 5.02 Å². The van der Waals surface area contributed by atoms with Crippen LogP contribution >= 0.6 is 11.6 Å². The third kappa shape index (κ3) is 3.83. The van der Waals surface area contributed by atoms with Gasteiger partial charge in [-0.1, -0.05) is 11.6 Å². The lowest BCUT2D eigenvalue weighted by Crippen LogP contribution is -2.14. The molecule has 0 saturated carbocycles. The lowest BCUT2D eigenvalue weighted by molar-refractivity contribution is 0.112. The third-order valence-corrected chi connectivity index (χ3v) is 2.44. The van der Waals surface area contributed by atoms with Gasteiger partial charge in [0.25, 0.3) is 0 Å². The molecule has 16 heavy (non-hydrogen) atoms. The lowest BCUT2D eigenvalue weighted by Gasteiger charge is -2.15. The molecule has 0 heterocycles. The van der Waals surface area contributed by atoms with Crippen LogP contribution in [-0.4, -0.2) is 26.1 Å². The van der Waals surface area contributed by atoms with Crippen LogP contribution in [-0.2, 0) is 4.74 Å². The Kier molecular flexibility index (Phi) is 5.29. The van der Waals surface area contributed by atoms with Crippen molar-refractivity contribution in [1.82, 2.24) is 0 Å². The van der Waals surface area contributed by atoms with Gasteiger partial charge in [0.05, 0.1) is 11.1 Å². The summed E-state index contributed by atoms with van der Waals surface area (Å²) < 4.78 is 10.6. The van der Waals surface area contributed by atoms with Gasteiger partial charge >= 0.3 is 0 Å². The summed E-state index contributed by atoms with van der Waals surface area (Å²) in [6.07, 6.45) is 1.58. The van der Waals surface area contributed by atoms with Gasteiger partial charge in [-0.05, 0) is 25.1 Å². The van der Waals surface area contributed by atoms with Crippen LogP contribution in [0.5, 0.6) is 5.75 Å². The topological polar surface area (TPSA) is 35.5 Å². The zero-order valence-electron chi connectivity index (χ0n) is 9.40. The van der Waals surface area contributed by atoms with Crippen LogP contribution in [0.3, 0.4) is 0 Å². The van der Waals surface area contributed by atoms with E-state index in [9.17, 15) is 4.79 Å². The predicted molar refractivity (Wildman–Crippen MR) is 63.4 cm³/mol. The van der Waals surface area contributed by atoms with Gasteiger partial charge < -0.3 is 9.47 Å². The van der Waals surface area contributed by atoms with Gasteiger partial charge in [-0.15, -0.1) is 0 Å². The van der Waals surface area contributed by atoms with Gasteiger partial charge in [0, 0.05) is 25.7 Å². The fraction of sp³-hybridized carbons (Fsp3) is 0.417. The molecule has 1 rings (SSSR count). The zero-order valence-corrected chi connectivity index (χ0v) is 10.2. The Hall–Kier alpha value is -1.06. The van der Waals surface area contributed by atoms with Crippen LogP contribution in [0, 0.1) is 0 Å². The van der Waals surface area contributed by atoms with Crippen molar-refractivity contribution in [3.8, 4) is 5.75 Å². The maximum atomic E-state index is 10.5. The number of carbonyl (C=O) groups excluding carboxylic acids is 1. The van der Waals surface area contributed by atoms with Crippen molar-refractivity contribution in [1.29, 1.82) is 0 Å². The summed E-state index contributed by atoms with van der Waals surface area (Å²) in [6, 6.07) is 4.97. The first-order valence-electron chi connectivity index (χ1n) is 5.07. The summed E-state index contributed by atoms with van der Waals surface area (Å²) in [5, 5.41) is 0.453. The molecule has 1 unspecified atom stereocenters. The number of halogens is 1. The van der Waals surface area contributed by atoms with Gasteiger partial charge in [-0.3, -0.25) is 4.79 Å². The molecule has 0 aliphatic carbocycles. The normalized spacial score (nSPS) is 12.2. The second-order valence-corrected chi connectivity index (χ2v) is 3.92. The van der Waals surface area contributed by atoms with E-state index in [1.54, 1.807) is 25.3 Å². The van der Waals surface area contributed by atoms with Crippen molar-refractivity contribution in [2.24, 2.45) is 0 Å². The first kappa shape index (κ1) is 13.0. The van der Waals surface area contributed by atoms with Gasteiger partial charge in [-0.2, -0.15) is 0 Å². The zero-order chi connectivity index (χ0) is 12.0. The minimum absolute atomic E-state index is 0.0273. The highest BCUT2D eigenvalue weighted by Crippen LogP contribution is 2.26. The minimum atomic E-state index is 0.0273. The summed E-state index contributed by atoms with van der Waals surface area (Å²) >= 11 is 5.97. The van der Waals surface area contributed by atoms with E-state index in [0.717, 1.165) is 12.7 Å². The van der Waals surface area contributed by atoms with Crippen molar-refractivity contribution in [3.05, 3.63) is 28.8 Å². The average molecular weight is 243 g/mol. The summed E-state index contributed by atoms with van der Waals surface area (Å²) in [4.78, 5) is 10.5. The summed E-state index contributed by atoms with van der Waals surface area (Å²) in [5.41, 5.74) is 0.543. The lowest BCUT2D eigenvalue weighted by atomic mass is 10.2. The Morgan fingerprint density at radius 1 is 1.50 bits per heavy atom. The molecule has 0 N–H and O–H groups in total. The molecule has 4 heteroatoms. The van der Waals surface area contributed by atoms with Crippen molar-refractivity contribution in [3.63, 3.8) is 0 Å². The minimum Gasteiger partial charge on any atom is -0.489 e. The first-order valence-corrected chi connectivity index (χ1v) is 5.45. The molecule has 0 fully saturated rings. The highest BCUT2D eigenvalue weighted by Gasteiger charge is 2.07. The second kappa shape index (κ2) is 6.51. The van der Waals surface area contributed by atoms with Crippen molar-refractivity contribution < 1.29 is 14.3 Å². The molecule has 0 amide bonds. The molecule has 0 aliphatic heterocycles. The van der Waals surface area contributed by atoms with Gasteiger partial charge in [0.1, 0.15) is 12.0 Å². The Labute approximate surface area is 100 Å². The van der Waals surface area contributed by atoms with E-state index >= 15 is 0 Å². The summed E-state index contributed by atoms with van der Waals surface area (Å²) in [6.45, 7) is 2.59. The number of carbonyl (C=O) groups is 1. The van der Waals surface area contributed by atoms with Crippen molar-refractivity contribution >= 4 is 17.9 Å². The highest BCUT2D eigenvalue weighted by atomic mass is 35.5. The van der Waals surface area contributed by atoms with Crippen molar-refractivity contribution in [2.45, 2.75) is 19.4 Å². The molecule has 1 aromatic carbocycles. The van der Waals surface area contributed by atoms with Crippen LogP contribution in [0.25, 0.3) is 0 Å². The van der Waals surface area contributed by atoms with Crippen LogP contribution < -0.4 is 4.74 Å². The number of benzene rings is 1. The molecule has 3 nitrogen and oxygen atoms in total. The van der Waals surface area contributed by atoms with Gasteiger partial charge in [0.15, 0.2) is 0 Å². The van der Waals surface area contributed by atoms with E-state index in [2.05, 4.69) is 0 Å². The van der Waals surface area contributed by atoms with Crippen LogP contribution in [0.15, 0.2) is 18.2 Å². The van der Waals surface area contributed by atoms with Crippen molar-refractivity contribution in [2.75, 3.05) is 13.7 Å². The molecule has 0 aromatic heterocycles. The number of ether oxygens (including phenoxy) is 2. The fourth-order valence-corrected chi connectivity index (χ4v) is 1.48. The number of hydrogen-bond donors (Lipinski definition) is 0. The Morgan fingerprint density at radius 2 is 2.25 bits per heavy atom. The van der Waals surface area contributed by atoms with E-state index < -0.39 is 0 Å². The molecule has 0 spiro atoms. The van der Waals surface area contributed by atoms with Gasteiger partial charge in [0.2, 0.25) is 0 Å². The maximum Gasteiger partial charge on any atom is 0.150 e. The fourth-order valence-electron chi connectivity index (χ4n) is 1.25. The van der Waals surface area contributed by atoms with E-state index in [1.165, 1.54) is 0 Å². The Morgan fingerprint density at radius 3 is 2.81 bits per heavy atom. The second-order valence-electron chi connectivity index (χ2n) is 3.52. The number of rotatable bonds is 6. The predicted octanol–water partition coefficient (Wildman–Crippen LogP) is 2.96. The van der Waals surface area contributed by atoms with Crippen LogP contribution in [0.4, 0.5) is 0 Å². The standard InChI is InChI=1S/C12H15ClO3/c1-9(5-6-15-2)16-12-4-3-10(8-14)7-11(12)13/h3-4,7-9H,5-6H2,1-2H3. The summed E-state index contributed by atoms with van der Waals surface area (Å²) in [7, 11) is 1.65. The average Bonchev–Trinajstić information content (AvgIpc) is 2.29. The third-order valence-electron chi connectivity index (χ3n) is 2.15. The molecule has 1 aromatic rings. The molecular weight excluding hydrogens is 228 g/mol. The molecule has 0 aliphatic rings. The molecule has 1 atom stereocenters. The molecular formula is C12H15ClO3. The van der Waals surface area contributed by atoms with Crippen LogP contribution in [0.1, 0.15) is 23.7 Å². The Bertz CT molecular complexity index is 352. The summed E-state index contributed by atoms with van der Waals surface area (Å²) in [5.74, 6) is 0.593. The van der Waals surface area contributed by atoms with E-state index in [0.29, 0.717) is 22.9 Å². The maximum absolute atomic E-state index is 10.5. The number of aldehydes is 1. The van der Waals surface area contributed by atoms with E-state index in [4.69, 9.17) is 21.1 Å². The Balaban J connectivity index is 2.63. The van der Waals surface area contributed by atoms with E-state index in [-0.39, 0.29) is 6.10 Å². The first-order chi connectivity index (χ1) is 7.67. The highest BCUT2D eigenvalue weighted by molar-refractivity contribution is 6.32. The largest absolute Gasteiger partial charge is 0.489 e.